The van der Waals surface area contributed by atoms with Crippen molar-refractivity contribution in [2.45, 2.75) is 44.9 Å². The molecule has 4 heterocycles. The van der Waals surface area contributed by atoms with Gasteiger partial charge >= 0.3 is 0 Å². The number of aromatic nitrogens is 5. The van der Waals surface area contributed by atoms with Crippen molar-refractivity contribution in [3.8, 4) is 11.3 Å². The molecule has 4 aromatic rings. The van der Waals surface area contributed by atoms with E-state index >= 15 is 4.39 Å². The van der Waals surface area contributed by atoms with Gasteiger partial charge in [-0.3, -0.25) is 14.4 Å². The number of carbonyl (C=O) groups is 1. The minimum absolute atomic E-state index is 0.0899. The van der Waals surface area contributed by atoms with Gasteiger partial charge < -0.3 is 9.64 Å². The highest BCUT2D eigenvalue weighted by Gasteiger charge is 2.32. The molecule has 12 heteroatoms. The lowest BCUT2D eigenvalue weighted by molar-refractivity contribution is -0.116. The van der Waals surface area contributed by atoms with Crippen LogP contribution in [0.1, 0.15) is 44.4 Å². The number of amides is 1. The Morgan fingerprint density at radius 3 is 2.78 bits per heavy atom. The quantitative estimate of drug-likeness (QED) is 0.350. The van der Waals surface area contributed by atoms with Gasteiger partial charge in [-0.1, -0.05) is 22.9 Å². The van der Waals surface area contributed by atoms with Gasteiger partial charge in [-0.15, -0.1) is 0 Å². The van der Waals surface area contributed by atoms with Crippen LogP contribution < -0.4 is 9.80 Å². The summed E-state index contributed by atoms with van der Waals surface area (Å²) in [6, 6.07) is 4.98. The zero-order chi connectivity index (χ0) is 25.8. The summed E-state index contributed by atoms with van der Waals surface area (Å²) in [5.41, 5.74) is 2.11. The molecule has 1 aliphatic carbocycles. The summed E-state index contributed by atoms with van der Waals surface area (Å²) in [7, 11) is 1.65. The lowest BCUT2D eigenvalue weighted by Crippen LogP contribution is -2.43. The Kier molecular flexibility index (Phi) is 6.09. The van der Waals surface area contributed by atoms with E-state index in [1.807, 2.05) is 22.7 Å². The molecule has 2 aliphatic rings. The fourth-order valence-corrected chi connectivity index (χ4v) is 5.62. The molecule has 0 spiro atoms. The van der Waals surface area contributed by atoms with Crippen molar-refractivity contribution in [3.05, 3.63) is 47.0 Å². The maximum absolute atomic E-state index is 15.1. The van der Waals surface area contributed by atoms with Gasteiger partial charge in [0, 0.05) is 42.9 Å². The van der Waals surface area contributed by atoms with Gasteiger partial charge in [0.25, 0.3) is 0 Å². The fourth-order valence-electron chi connectivity index (χ4n) is 4.44. The van der Waals surface area contributed by atoms with Crippen LogP contribution in [0.4, 0.5) is 15.5 Å². The van der Waals surface area contributed by atoms with Crippen molar-refractivity contribution >= 4 is 50.3 Å². The number of benzene rings is 1. The zero-order valence-corrected chi connectivity index (χ0v) is 22.1. The van der Waals surface area contributed by atoms with Crippen molar-refractivity contribution in [2.75, 3.05) is 29.9 Å². The first-order chi connectivity index (χ1) is 17.8. The summed E-state index contributed by atoms with van der Waals surface area (Å²) in [5, 5.41) is 5.27. The molecule has 1 aliphatic heterocycles. The third-order valence-electron chi connectivity index (χ3n) is 6.63. The Morgan fingerprint density at radius 2 is 2.05 bits per heavy atom. The summed E-state index contributed by atoms with van der Waals surface area (Å²) < 4.78 is 23.9. The smallest absolute Gasteiger partial charge is 0.228 e. The standard InChI is InChI=1S/C25H25ClFN7O2S/c1-13-10-33(12-20(36-13)15-9-28-34(11-15)17-5-6-17)24-29-21(18-7-4-16(26)8-19(18)27)22-23(30-24)31-25(37-22)32(3)14(2)35/h4,7-9,11,13,17,20H,5-6,10,12H2,1-3H3/t13-,20-/m0/s1. The number of nitrogens with zero attached hydrogens (tertiary/aromatic N) is 7. The Hall–Kier alpha value is -3.15. The number of rotatable bonds is 5. The van der Waals surface area contributed by atoms with Crippen LogP contribution in [0.2, 0.25) is 5.02 Å². The largest absolute Gasteiger partial charge is 0.367 e. The molecule has 3 aromatic heterocycles. The molecule has 1 saturated carbocycles. The number of anilines is 2. The third-order valence-corrected chi connectivity index (χ3v) is 8.00. The third kappa shape index (κ3) is 4.67. The van der Waals surface area contributed by atoms with Crippen molar-refractivity contribution in [3.63, 3.8) is 0 Å². The van der Waals surface area contributed by atoms with E-state index in [1.54, 1.807) is 19.2 Å². The molecule has 37 heavy (non-hydrogen) atoms. The van der Waals surface area contributed by atoms with Crippen molar-refractivity contribution in [1.82, 2.24) is 24.7 Å². The molecule has 0 N–H and O–H groups in total. The van der Waals surface area contributed by atoms with Gasteiger partial charge in [0.2, 0.25) is 11.9 Å². The molecule has 192 valence electrons. The summed E-state index contributed by atoms with van der Waals surface area (Å²) in [5.74, 6) is -0.231. The summed E-state index contributed by atoms with van der Waals surface area (Å²) in [6.45, 7) is 4.54. The van der Waals surface area contributed by atoms with Crippen LogP contribution in [0, 0.1) is 5.82 Å². The van der Waals surface area contributed by atoms with Gasteiger partial charge in [0.15, 0.2) is 10.8 Å². The Labute approximate surface area is 221 Å². The average Bonchev–Trinajstić information content (AvgIpc) is 3.42. The van der Waals surface area contributed by atoms with E-state index in [1.165, 1.54) is 29.2 Å². The highest BCUT2D eigenvalue weighted by molar-refractivity contribution is 7.22. The van der Waals surface area contributed by atoms with Gasteiger partial charge in [0.05, 0.1) is 30.6 Å². The molecule has 1 amide bonds. The summed E-state index contributed by atoms with van der Waals surface area (Å²) in [4.78, 5) is 29.7. The number of ether oxygens (including phenoxy) is 1. The van der Waals surface area contributed by atoms with Crippen LogP contribution in [0.3, 0.4) is 0 Å². The Morgan fingerprint density at radius 1 is 1.24 bits per heavy atom. The zero-order valence-electron chi connectivity index (χ0n) is 20.6. The van der Waals surface area contributed by atoms with Crippen LogP contribution in [-0.4, -0.2) is 56.9 Å². The van der Waals surface area contributed by atoms with Gasteiger partial charge in [-0.2, -0.15) is 15.1 Å². The minimum Gasteiger partial charge on any atom is -0.367 e. The predicted molar refractivity (Wildman–Crippen MR) is 141 cm³/mol. The molecule has 1 aromatic carbocycles. The van der Waals surface area contributed by atoms with E-state index in [2.05, 4.69) is 16.3 Å². The maximum atomic E-state index is 15.1. The SMILES string of the molecule is CC(=O)N(C)c1nc2nc(N3C[C@@H](c4cnn(C5CC5)c4)O[C@@H](C)C3)nc(-c3ccc(Cl)cc3F)c2s1. The lowest BCUT2D eigenvalue weighted by Gasteiger charge is -2.36. The summed E-state index contributed by atoms with van der Waals surface area (Å²) in [6.07, 6.45) is 5.93. The monoisotopic (exact) mass is 541 g/mol. The van der Waals surface area contributed by atoms with Gasteiger partial charge in [-0.25, -0.2) is 9.37 Å². The van der Waals surface area contributed by atoms with E-state index in [0.717, 1.165) is 18.4 Å². The first-order valence-electron chi connectivity index (χ1n) is 12.1. The minimum atomic E-state index is -0.492. The fraction of sp³-hybridized carbons (Fsp3) is 0.400. The second-order valence-corrected chi connectivity index (χ2v) is 11.0. The first-order valence-corrected chi connectivity index (χ1v) is 13.3. The molecule has 9 nitrogen and oxygen atoms in total. The molecule has 1 saturated heterocycles. The molecule has 0 bridgehead atoms. The van der Waals surface area contributed by atoms with Crippen LogP contribution in [0.25, 0.3) is 21.6 Å². The maximum Gasteiger partial charge on any atom is 0.228 e. The first kappa shape index (κ1) is 24.2. The van der Waals surface area contributed by atoms with E-state index < -0.39 is 5.82 Å². The lowest BCUT2D eigenvalue weighted by atomic mass is 10.1. The predicted octanol–water partition coefficient (Wildman–Crippen LogP) is 5.03. The molecular formula is C25H25ClFN7O2S. The molecule has 0 radical (unpaired) electrons. The molecule has 0 unspecified atom stereocenters. The van der Waals surface area contributed by atoms with Crippen LogP contribution >= 0.6 is 22.9 Å². The highest BCUT2D eigenvalue weighted by atomic mass is 35.5. The van der Waals surface area contributed by atoms with E-state index in [0.29, 0.717) is 56.8 Å². The topological polar surface area (TPSA) is 89.3 Å². The summed E-state index contributed by atoms with van der Waals surface area (Å²) >= 11 is 7.26. The van der Waals surface area contributed by atoms with Gasteiger partial charge in [0.1, 0.15) is 16.6 Å². The number of fused-ring (bicyclic) bond motifs is 1. The van der Waals surface area contributed by atoms with Crippen molar-refractivity contribution < 1.29 is 13.9 Å². The normalized spacial score (nSPS) is 20.0. The molecule has 2 fully saturated rings. The van der Waals surface area contributed by atoms with E-state index in [9.17, 15) is 4.79 Å². The highest BCUT2D eigenvalue weighted by Crippen LogP contribution is 2.39. The molecular weight excluding hydrogens is 517 g/mol. The van der Waals surface area contributed by atoms with E-state index in [-0.39, 0.29) is 18.1 Å². The number of morpholine rings is 1. The number of carbonyl (C=O) groups excluding carboxylic acids is 1. The Bertz CT molecular complexity index is 1500. The second-order valence-electron chi connectivity index (χ2n) is 9.55. The second kappa shape index (κ2) is 9.30. The van der Waals surface area contributed by atoms with E-state index in [4.69, 9.17) is 26.3 Å². The number of hydrogen-bond acceptors (Lipinski definition) is 8. The number of hydrogen-bond donors (Lipinski definition) is 0. The number of halogens is 2. The van der Waals surface area contributed by atoms with Crippen LogP contribution in [0.5, 0.6) is 0 Å². The number of thiazole rings is 1. The molecule has 6 rings (SSSR count). The van der Waals surface area contributed by atoms with Crippen LogP contribution in [-0.2, 0) is 9.53 Å². The molecule has 2 atom stereocenters. The van der Waals surface area contributed by atoms with Crippen LogP contribution in [0.15, 0.2) is 30.6 Å². The van der Waals surface area contributed by atoms with Gasteiger partial charge in [-0.05, 0) is 38.0 Å². The van der Waals surface area contributed by atoms with Crippen molar-refractivity contribution in [1.29, 1.82) is 0 Å². The Balaban J connectivity index is 1.42. The van der Waals surface area contributed by atoms with Crippen molar-refractivity contribution in [2.24, 2.45) is 0 Å². The average molecular weight is 542 g/mol.